The Bertz CT molecular complexity index is 1420. The molecule has 2 aromatic heterocycles. The minimum absolute atomic E-state index is 0.177. The number of hydrogen-bond donors (Lipinski definition) is 2. The lowest BCUT2D eigenvalue weighted by Gasteiger charge is -2.15. The Balaban J connectivity index is 1.34. The highest BCUT2D eigenvalue weighted by molar-refractivity contribution is 6.04. The molecule has 1 saturated carbocycles. The smallest absolute Gasteiger partial charge is 0.255 e. The lowest BCUT2D eigenvalue weighted by molar-refractivity contribution is 0.102. The van der Waals surface area contributed by atoms with Crippen LogP contribution in [0.5, 0.6) is 17.4 Å². The number of nitrogens with one attached hydrogen (secondary N) is 2. The zero-order valence-corrected chi connectivity index (χ0v) is 21.2. The van der Waals surface area contributed by atoms with Gasteiger partial charge < -0.3 is 20.1 Å². The summed E-state index contributed by atoms with van der Waals surface area (Å²) in [6.45, 7) is 4.03. The fourth-order valence-electron chi connectivity index (χ4n) is 4.11. The van der Waals surface area contributed by atoms with Crippen LogP contribution in [0.15, 0.2) is 79.1 Å². The van der Waals surface area contributed by atoms with Gasteiger partial charge >= 0.3 is 0 Å². The Morgan fingerprint density at radius 3 is 2.68 bits per heavy atom. The van der Waals surface area contributed by atoms with Crippen LogP contribution >= 0.6 is 0 Å². The SMILES string of the molecule is CNc1cc(-c2cccnc2Oc2cc(C(=O)Nc3cccc(OC(C)C4CC4)c3)ccc2C)ccn1. The minimum atomic E-state index is -0.230. The quantitative estimate of drug-likeness (QED) is 0.269. The van der Waals surface area contributed by atoms with Gasteiger partial charge in [0.05, 0.1) is 6.10 Å². The molecule has 1 amide bonds. The van der Waals surface area contributed by atoms with Gasteiger partial charge in [0.15, 0.2) is 0 Å². The van der Waals surface area contributed by atoms with Crippen molar-refractivity contribution >= 4 is 17.4 Å². The van der Waals surface area contributed by atoms with Gasteiger partial charge in [-0.15, -0.1) is 0 Å². The molecular formula is C30H30N4O3. The molecule has 1 aliphatic carbocycles. The molecule has 2 N–H and O–H groups in total. The van der Waals surface area contributed by atoms with Crippen molar-refractivity contribution in [1.29, 1.82) is 0 Å². The Morgan fingerprint density at radius 2 is 1.86 bits per heavy atom. The minimum Gasteiger partial charge on any atom is -0.490 e. The second-order valence-electron chi connectivity index (χ2n) is 9.26. The molecule has 37 heavy (non-hydrogen) atoms. The molecule has 1 unspecified atom stereocenters. The highest BCUT2D eigenvalue weighted by atomic mass is 16.5. The Kier molecular flexibility index (Phi) is 7.03. The summed E-state index contributed by atoms with van der Waals surface area (Å²) in [6, 6.07) is 20.6. The molecule has 7 nitrogen and oxygen atoms in total. The van der Waals surface area contributed by atoms with Crippen molar-refractivity contribution in [2.24, 2.45) is 5.92 Å². The molecule has 2 heterocycles. The maximum atomic E-state index is 13.1. The largest absolute Gasteiger partial charge is 0.490 e. The van der Waals surface area contributed by atoms with Crippen molar-refractivity contribution in [1.82, 2.24) is 9.97 Å². The first kappa shape index (κ1) is 24.3. The molecule has 5 rings (SSSR count). The summed E-state index contributed by atoms with van der Waals surface area (Å²) < 4.78 is 12.3. The third kappa shape index (κ3) is 5.89. The van der Waals surface area contributed by atoms with E-state index in [9.17, 15) is 4.79 Å². The van der Waals surface area contributed by atoms with Crippen LogP contribution in [0.3, 0.4) is 0 Å². The number of aromatic nitrogens is 2. The molecule has 0 aliphatic heterocycles. The lowest BCUT2D eigenvalue weighted by atomic mass is 10.1. The molecule has 0 spiro atoms. The van der Waals surface area contributed by atoms with E-state index in [2.05, 4.69) is 27.5 Å². The molecule has 4 aromatic rings. The first-order chi connectivity index (χ1) is 18.0. The summed E-state index contributed by atoms with van der Waals surface area (Å²) in [6.07, 6.45) is 6.03. The first-order valence-electron chi connectivity index (χ1n) is 12.5. The standard InChI is InChI=1S/C30H30N4O3/c1-19-9-10-23(29(35)34-24-6-4-7-25(18-24)36-20(2)21-11-12-21)16-27(19)37-30-26(8-5-14-33-30)22-13-15-32-28(17-22)31-3/h4-10,13-18,20-21H,11-12H2,1-3H3,(H,31,32)(H,34,35). The van der Waals surface area contributed by atoms with Gasteiger partial charge in [0.2, 0.25) is 5.88 Å². The van der Waals surface area contributed by atoms with Crippen LogP contribution < -0.4 is 20.1 Å². The predicted octanol–water partition coefficient (Wildman–Crippen LogP) is 6.72. The molecule has 2 aromatic carbocycles. The van der Waals surface area contributed by atoms with Gasteiger partial charge in [-0.3, -0.25) is 4.79 Å². The van der Waals surface area contributed by atoms with Gasteiger partial charge in [-0.25, -0.2) is 9.97 Å². The maximum absolute atomic E-state index is 13.1. The third-order valence-electron chi connectivity index (χ3n) is 6.45. The third-order valence-corrected chi connectivity index (χ3v) is 6.45. The first-order valence-corrected chi connectivity index (χ1v) is 12.5. The van der Waals surface area contributed by atoms with Crippen LogP contribution in [0.1, 0.15) is 35.7 Å². The lowest BCUT2D eigenvalue weighted by Crippen LogP contribution is -2.15. The highest BCUT2D eigenvalue weighted by Crippen LogP contribution is 2.36. The molecule has 0 radical (unpaired) electrons. The summed E-state index contributed by atoms with van der Waals surface area (Å²) in [7, 11) is 1.82. The average molecular weight is 495 g/mol. The number of benzene rings is 2. The second-order valence-corrected chi connectivity index (χ2v) is 9.26. The van der Waals surface area contributed by atoms with E-state index in [0.29, 0.717) is 28.8 Å². The number of carbonyl (C=O) groups is 1. The van der Waals surface area contributed by atoms with E-state index in [-0.39, 0.29) is 12.0 Å². The van der Waals surface area contributed by atoms with E-state index in [0.717, 1.165) is 28.3 Å². The molecule has 1 aliphatic rings. The zero-order chi connectivity index (χ0) is 25.8. The van der Waals surface area contributed by atoms with Crippen molar-refractivity contribution in [2.75, 3.05) is 17.7 Å². The number of carbonyl (C=O) groups excluding carboxylic acids is 1. The van der Waals surface area contributed by atoms with Crippen LogP contribution in [0.4, 0.5) is 11.5 Å². The molecule has 0 bridgehead atoms. The summed E-state index contributed by atoms with van der Waals surface area (Å²) in [5, 5.41) is 6.02. The normalized spacial score (nSPS) is 13.5. The zero-order valence-electron chi connectivity index (χ0n) is 21.2. The summed E-state index contributed by atoms with van der Waals surface area (Å²) >= 11 is 0. The summed E-state index contributed by atoms with van der Waals surface area (Å²) in [4.78, 5) is 21.8. The number of rotatable bonds is 9. The monoisotopic (exact) mass is 494 g/mol. The fourth-order valence-corrected chi connectivity index (χ4v) is 4.11. The van der Waals surface area contributed by atoms with Crippen LogP contribution in [-0.2, 0) is 0 Å². The number of ether oxygens (including phenoxy) is 2. The number of hydrogen-bond acceptors (Lipinski definition) is 6. The van der Waals surface area contributed by atoms with Crippen molar-refractivity contribution in [3.05, 3.63) is 90.3 Å². The van der Waals surface area contributed by atoms with Gasteiger partial charge in [0.25, 0.3) is 5.91 Å². The molecule has 7 heteroatoms. The van der Waals surface area contributed by atoms with Gasteiger partial charge in [-0.1, -0.05) is 12.1 Å². The van der Waals surface area contributed by atoms with E-state index < -0.39 is 0 Å². The van der Waals surface area contributed by atoms with Gasteiger partial charge in [0.1, 0.15) is 17.3 Å². The number of pyridine rings is 2. The van der Waals surface area contributed by atoms with Gasteiger partial charge in [0, 0.05) is 42.3 Å². The van der Waals surface area contributed by atoms with E-state index in [4.69, 9.17) is 9.47 Å². The number of amides is 1. The van der Waals surface area contributed by atoms with Crippen molar-refractivity contribution in [2.45, 2.75) is 32.8 Å². The van der Waals surface area contributed by atoms with Crippen LogP contribution in [0.25, 0.3) is 11.1 Å². The Morgan fingerprint density at radius 1 is 1.00 bits per heavy atom. The van der Waals surface area contributed by atoms with Crippen LogP contribution in [-0.4, -0.2) is 29.0 Å². The number of nitrogens with zero attached hydrogens (tertiary/aromatic N) is 2. The summed E-state index contributed by atoms with van der Waals surface area (Å²) in [5.41, 5.74) is 3.80. The van der Waals surface area contributed by atoms with Crippen molar-refractivity contribution in [3.63, 3.8) is 0 Å². The Labute approximate surface area is 216 Å². The molecular weight excluding hydrogens is 464 g/mol. The molecule has 188 valence electrons. The number of anilines is 2. The van der Waals surface area contributed by atoms with Gasteiger partial charge in [-0.2, -0.15) is 0 Å². The van der Waals surface area contributed by atoms with E-state index in [1.54, 1.807) is 24.5 Å². The second kappa shape index (κ2) is 10.7. The summed E-state index contributed by atoms with van der Waals surface area (Å²) in [5.74, 6) is 2.92. The van der Waals surface area contributed by atoms with E-state index in [1.165, 1.54) is 12.8 Å². The Hall–Kier alpha value is -4.39. The fraction of sp³-hybridized carbons (Fsp3) is 0.233. The number of aryl methyl sites for hydroxylation is 1. The van der Waals surface area contributed by atoms with E-state index >= 15 is 0 Å². The molecule has 0 saturated heterocycles. The predicted molar refractivity (Wildman–Crippen MR) is 145 cm³/mol. The molecule has 1 atom stereocenters. The van der Waals surface area contributed by atoms with Crippen molar-refractivity contribution < 1.29 is 14.3 Å². The van der Waals surface area contributed by atoms with Crippen LogP contribution in [0.2, 0.25) is 0 Å². The van der Waals surface area contributed by atoms with Crippen LogP contribution in [0, 0.1) is 12.8 Å². The maximum Gasteiger partial charge on any atom is 0.255 e. The highest BCUT2D eigenvalue weighted by Gasteiger charge is 2.29. The van der Waals surface area contributed by atoms with Gasteiger partial charge in [-0.05, 0) is 92.3 Å². The van der Waals surface area contributed by atoms with Crippen molar-refractivity contribution in [3.8, 4) is 28.5 Å². The average Bonchev–Trinajstić information content (AvgIpc) is 3.76. The topological polar surface area (TPSA) is 85.4 Å². The van der Waals surface area contributed by atoms with E-state index in [1.807, 2.05) is 68.6 Å². The molecule has 1 fully saturated rings.